The average Bonchev–Trinajstić information content (AvgIpc) is 1.69. The largest absolute Gasteiger partial charge is 0.475 e. The summed E-state index contributed by atoms with van der Waals surface area (Å²) in [4.78, 5) is 0. The lowest BCUT2D eigenvalue weighted by Crippen LogP contribution is -1.88. The molecule has 0 bridgehead atoms. The van der Waals surface area contributed by atoms with Crippen LogP contribution >= 0.6 is 0 Å². The number of rotatable bonds is 0. The van der Waals surface area contributed by atoms with Crippen molar-refractivity contribution in [1.29, 1.82) is 0 Å². The standard InChI is InChI=1S/C4H3BO2/c5-4-3-6-1-2-7-4/h1-3H. The first-order chi connectivity index (χ1) is 3.39. The van der Waals surface area contributed by atoms with Crippen LogP contribution in [0.5, 0.6) is 0 Å². The van der Waals surface area contributed by atoms with Gasteiger partial charge in [-0.15, -0.1) is 0 Å². The second-order valence-corrected chi connectivity index (χ2v) is 1.05. The molecule has 1 aliphatic rings. The predicted octanol–water partition coefficient (Wildman–Crippen LogP) is 0.472. The van der Waals surface area contributed by atoms with Crippen molar-refractivity contribution in [3.8, 4) is 0 Å². The van der Waals surface area contributed by atoms with E-state index in [2.05, 4.69) is 9.47 Å². The Kier molecular flexibility index (Phi) is 1.07. The molecular weight excluding hydrogens is 90.9 g/mol. The van der Waals surface area contributed by atoms with E-state index in [-0.39, 0.29) is 5.66 Å². The highest BCUT2D eigenvalue weighted by molar-refractivity contribution is 6.20. The van der Waals surface area contributed by atoms with Crippen molar-refractivity contribution in [2.45, 2.75) is 0 Å². The highest BCUT2D eigenvalue weighted by Crippen LogP contribution is 1.98. The van der Waals surface area contributed by atoms with E-state index in [4.69, 9.17) is 7.85 Å². The number of ether oxygens (including phenoxy) is 2. The van der Waals surface area contributed by atoms with Gasteiger partial charge in [-0.05, 0) is 0 Å². The van der Waals surface area contributed by atoms with Gasteiger partial charge in [0.2, 0.25) is 0 Å². The quantitative estimate of drug-likeness (QED) is 0.406. The minimum absolute atomic E-state index is 0.280. The van der Waals surface area contributed by atoms with Gasteiger partial charge in [0.05, 0.1) is 5.66 Å². The molecule has 3 heteroatoms. The SMILES string of the molecule is [B]C1=COC=CO1. The van der Waals surface area contributed by atoms with E-state index >= 15 is 0 Å². The molecule has 34 valence electrons. The second-order valence-electron chi connectivity index (χ2n) is 1.05. The van der Waals surface area contributed by atoms with Crippen molar-refractivity contribution in [3.63, 3.8) is 0 Å². The molecule has 2 radical (unpaired) electrons. The van der Waals surface area contributed by atoms with Crippen molar-refractivity contribution in [2.24, 2.45) is 0 Å². The molecule has 0 aromatic heterocycles. The van der Waals surface area contributed by atoms with Gasteiger partial charge in [-0.3, -0.25) is 0 Å². The van der Waals surface area contributed by atoms with Crippen molar-refractivity contribution in [3.05, 3.63) is 24.4 Å². The van der Waals surface area contributed by atoms with E-state index in [0.717, 1.165) is 0 Å². The third-order valence-electron chi connectivity index (χ3n) is 0.522. The third-order valence-corrected chi connectivity index (χ3v) is 0.522. The maximum atomic E-state index is 5.10. The monoisotopic (exact) mass is 94.0 g/mol. The first kappa shape index (κ1) is 4.31. The lowest BCUT2D eigenvalue weighted by molar-refractivity contribution is 0.279. The molecule has 7 heavy (non-hydrogen) atoms. The summed E-state index contributed by atoms with van der Waals surface area (Å²) in [7, 11) is 5.10. The molecule has 0 aliphatic carbocycles. The van der Waals surface area contributed by atoms with Crippen LogP contribution in [0.4, 0.5) is 0 Å². The Balaban J connectivity index is 2.50. The zero-order valence-electron chi connectivity index (χ0n) is 3.63. The van der Waals surface area contributed by atoms with Crippen LogP contribution in [0.1, 0.15) is 0 Å². The van der Waals surface area contributed by atoms with Gasteiger partial charge < -0.3 is 9.47 Å². The summed E-state index contributed by atoms with van der Waals surface area (Å²) in [5, 5.41) is 0. The molecule has 0 saturated carbocycles. The van der Waals surface area contributed by atoms with Gasteiger partial charge in [-0.2, -0.15) is 0 Å². The Morgan fingerprint density at radius 1 is 1.43 bits per heavy atom. The molecule has 0 aromatic carbocycles. The highest BCUT2D eigenvalue weighted by atomic mass is 16.5. The molecule has 0 aromatic rings. The summed E-state index contributed by atoms with van der Waals surface area (Å²) in [6.07, 6.45) is 4.09. The van der Waals surface area contributed by atoms with Gasteiger partial charge in [0.1, 0.15) is 18.8 Å². The second kappa shape index (κ2) is 1.73. The summed E-state index contributed by atoms with van der Waals surface area (Å²) in [6.45, 7) is 0. The molecule has 0 spiro atoms. The lowest BCUT2D eigenvalue weighted by Gasteiger charge is -2.03. The van der Waals surface area contributed by atoms with Crippen LogP contribution < -0.4 is 0 Å². The first-order valence-corrected chi connectivity index (χ1v) is 1.82. The van der Waals surface area contributed by atoms with Gasteiger partial charge >= 0.3 is 0 Å². The molecule has 0 unspecified atom stereocenters. The van der Waals surface area contributed by atoms with E-state index in [1.807, 2.05) is 0 Å². The van der Waals surface area contributed by atoms with Crippen LogP contribution in [0.25, 0.3) is 0 Å². The minimum atomic E-state index is 0.280. The Hall–Kier alpha value is -0.855. The zero-order chi connectivity index (χ0) is 5.11. The summed E-state index contributed by atoms with van der Waals surface area (Å²) >= 11 is 0. The molecule has 0 fully saturated rings. The van der Waals surface area contributed by atoms with E-state index in [0.29, 0.717) is 0 Å². The summed E-state index contributed by atoms with van der Waals surface area (Å²) in [5.41, 5.74) is 0.280. The number of hydrogen-bond donors (Lipinski definition) is 0. The first-order valence-electron chi connectivity index (χ1n) is 1.82. The van der Waals surface area contributed by atoms with Crippen molar-refractivity contribution in [2.75, 3.05) is 0 Å². The number of hydrogen-bond acceptors (Lipinski definition) is 2. The normalized spacial score (nSPS) is 16.9. The minimum Gasteiger partial charge on any atom is -0.475 e. The molecule has 1 aliphatic heterocycles. The maximum Gasteiger partial charge on any atom is 0.172 e. The Morgan fingerprint density at radius 3 is 2.57 bits per heavy atom. The van der Waals surface area contributed by atoms with Crippen LogP contribution in [0.3, 0.4) is 0 Å². The smallest absolute Gasteiger partial charge is 0.172 e. The molecule has 0 saturated heterocycles. The predicted molar refractivity (Wildman–Crippen MR) is 25.1 cm³/mol. The van der Waals surface area contributed by atoms with Crippen LogP contribution in [-0.4, -0.2) is 7.85 Å². The van der Waals surface area contributed by atoms with E-state index < -0.39 is 0 Å². The molecular formula is C4H3BO2. The van der Waals surface area contributed by atoms with Gasteiger partial charge in [0.15, 0.2) is 7.85 Å². The fraction of sp³-hybridized carbons (Fsp3) is 0. The maximum absolute atomic E-state index is 5.10. The molecule has 1 rings (SSSR count). The Labute approximate surface area is 42.8 Å². The van der Waals surface area contributed by atoms with Gasteiger partial charge in [0.25, 0.3) is 0 Å². The van der Waals surface area contributed by atoms with E-state index in [9.17, 15) is 0 Å². The lowest BCUT2D eigenvalue weighted by atomic mass is 10.1. The van der Waals surface area contributed by atoms with Crippen LogP contribution in [0, 0.1) is 0 Å². The van der Waals surface area contributed by atoms with Crippen LogP contribution in [-0.2, 0) is 9.47 Å². The molecule has 0 amide bonds. The van der Waals surface area contributed by atoms with Crippen molar-refractivity contribution < 1.29 is 9.47 Å². The fourth-order valence-electron chi connectivity index (χ4n) is 0.273. The Bertz CT molecular complexity index is 117. The average molecular weight is 93.9 g/mol. The summed E-state index contributed by atoms with van der Waals surface area (Å²) < 4.78 is 9.20. The van der Waals surface area contributed by atoms with Crippen molar-refractivity contribution >= 4 is 7.85 Å². The molecule has 1 heterocycles. The van der Waals surface area contributed by atoms with Crippen LogP contribution in [0.15, 0.2) is 24.4 Å². The molecule has 2 nitrogen and oxygen atoms in total. The summed E-state index contributed by atoms with van der Waals surface area (Å²) in [6, 6.07) is 0. The van der Waals surface area contributed by atoms with E-state index in [1.54, 1.807) is 0 Å². The van der Waals surface area contributed by atoms with Gasteiger partial charge in [-0.1, -0.05) is 0 Å². The van der Waals surface area contributed by atoms with Crippen LogP contribution in [0.2, 0.25) is 0 Å². The fourth-order valence-corrected chi connectivity index (χ4v) is 0.273. The van der Waals surface area contributed by atoms with Crippen molar-refractivity contribution in [1.82, 2.24) is 0 Å². The topological polar surface area (TPSA) is 18.5 Å². The molecule has 0 atom stereocenters. The van der Waals surface area contributed by atoms with Gasteiger partial charge in [-0.25, -0.2) is 0 Å². The Morgan fingerprint density at radius 2 is 2.29 bits per heavy atom. The zero-order valence-corrected chi connectivity index (χ0v) is 3.63. The highest BCUT2D eigenvalue weighted by Gasteiger charge is 1.87. The van der Waals surface area contributed by atoms with Gasteiger partial charge in [0, 0.05) is 0 Å². The summed E-state index contributed by atoms with van der Waals surface area (Å²) in [5.74, 6) is 0. The van der Waals surface area contributed by atoms with E-state index in [1.165, 1.54) is 18.8 Å². The molecule has 0 N–H and O–H groups in total. The third kappa shape index (κ3) is 0.997.